The van der Waals surface area contributed by atoms with Crippen LogP contribution in [0.3, 0.4) is 0 Å². The van der Waals surface area contributed by atoms with Crippen molar-refractivity contribution < 1.29 is 24.8 Å². The summed E-state index contributed by atoms with van der Waals surface area (Å²) in [6.07, 6.45) is 1.91. The first-order valence-electron chi connectivity index (χ1n) is 10.1. The van der Waals surface area contributed by atoms with Crippen molar-refractivity contribution >= 4 is 0 Å². The second kappa shape index (κ2) is 9.37. The van der Waals surface area contributed by atoms with Gasteiger partial charge in [-0.05, 0) is 67.2 Å². The lowest BCUT2D eigenvalue weighted by molar-refractivity contribution is 0.146. The molecule has 1 aliphatic rings. The first kappa shape index (κ1) is 21.9. The van der Waals surface area contributed by atoms with E-state index in [1.54, 1.807) is 19.2 Å². The molecule has 5 heteroatoms. The van der Waals surface area contributed by atoms with Crippen LogP contribution in [-0.2, 0) is 4.74 Å². The van der Waals surface area contributed by atoms with Gasteiger partial charge in [0, 0.05) is 18.6 Å². The van der Waals surface area contributed by atoms with Crippen LogP contribution in [0.2, 0.25) is 0 Å². The average molecular weight is 411 g/mol. The third-order valence-corrected chi connectivity index (χ3v) is 5.70. The van der Waals surface area contributed by atoms with E-state index in [0.29, 0.717) is 36.5 Å². The Morgan fingerprint density at radius 2 is 1.80 bits per heavy atom. The van der Waals surface area contributed by atoms with Gasteiger partial charge < -0.3 is 24.8 Å². The number of aromatic hydroxyl groups is 2. The van der Waals surface area contributed by atoms with Gasteiger partial charge in [0.25, 0.3) is 0 Å². The summed E-state index contributed by atoms with van der Waals surface area (Å²) in [5.74, 6) is 0.419. The Morgan fingerprint density at radius 1 is 1.10 bits per heavy atom. The van der Waals surface area contributed by atoms with Crippen molar-refractivity contribution in [1.29, 1.82) is 0 Å². The Bertz CT molecular complexity index is 923. The number of phenols is 2. The predicted molar refractivity (Wildman–Crippen MR) is 118 cm³/mol. The molecule has 0 amide bonds. The molecule has 0 bridgehead atoms. The van der Waals surface area contributed by atoms with Crippen molar-refractivity contribution in [2.24, 2.45) is 5.92 Å². The normalized spacial score (nSPS) is 21.2. The standard InChI is InChI=1S/C25H30O5/c1-15(2)20-14-22(26)16(3)10-21(20)25-23(27)12-18(13-24(25)28)17-6-5-7-19(11-17)30-9-8-29-4/h5-7,10-13,20-22,26-28H,1,8-9,14H2,2-4H3/t20-,21+,22-/m0/s1. The minimum atomic E-state index is -0.535. The molecule has 5 nitrogen and oxygen atoms in total. The van der Waals surface area contributed by atoms with Gasteiger partial charge in [-0.3, -0.25) is 0 Å². The molecule has 0 radical (unpaired) electrons. The Kier molecular flexibility index (Phi) is 6.85. The lowest BCUT2D eigenvalue weighted by Gasteiger charge is -2.34. The van der Waals surface area contributed by atoms with Crippen LogP contribution >= 0.6 is 0 Å². The molecule has 2 aromatic carbocycles. The quantitative estimate of drug-likeness (QED) is 0.452. The van der Waals surface area contributed by atoms with Crippen LogP contribution in [0.5, 0.6) is 17.2 Å². The highest BCUT2D eigenvalue weighted by atomic mass is 16.5. The van der Waals surface area contributed by atoms with E-state index in [-0.39, 0.29) is 23.3 Å². The minimum Gasteiger partial charge on any atom is -0.507 e. The summed E-state index contributed by atoms with van der Waals surface area (Å²) < 4.78 is 10.7. The fourth-order valence-electron chi connectivity index (χ4n) is 4.02. The zero-order valence-corrected chi connectivity index (χ0v) is 17.8. The van der Waals surface area contributed by atoms with Gasteiger partial charge in [0.2, 0.25) is 0 Å². The van der Waals surface area contributed by atoms with E-state index in [4.69, 9.17) is 9.47 Å². The highest BCUT2D eigenvalue weighted by molar-refractivity contribution is 5.70. The molecule has 0 heterocycles. The van der Waals surface area contributed by atoms with Gasteiger partial charge >= 0.3 is 0 Å². The number of benzene rings is 2. The number of hydrogen-bond acceptors (Lipinski definition) is 5. The van der Waals surface area contributed by atoms with Crippen LogP contribution < -0.4 is 4.74 Å². The molecule has 0 aliphatic heterocycles. The number of methoxy groups -OCH3 is 1. The number of rotatable bonds is 7. The summed E-state index contributed by atoms with van der Waals surface area (Å²) in [5, 5.41) is 31.9. The number of phenolic OH excluding ortho intramolecular Hbond substituents is 2. The monoisotopic (exact) mass is 410 g/mol. The molecule has 3 atom stereocenters. The SMILES string of the molecule is C=C(C)[C@@H]1C[C@H](O)C(C)=C[C@H]1c1c(O)cc(-c2cccc(OCCOC)c2)cc1O. The molecule has 3 rings (SSSR count). The van der Waals surface area contributed by atoms with Crippen LogP contribution in [-0.4, -0.2) is 41.7 Å². The molecule has 1 aliphatic carbocycles. The highest BCUT2D eigenvalue weighted by Crippen LogP contribution is 2.47. The van der Waals surface area contributed by atoms with Crippen LogP contribution in [0.15, 0.2) is 60.2 Å². The fraction of sp³-hybridized carbons (Fsp3) is 0.360. The Morgan fingerprint density at radius 3 is 2.43 bits per heavy atom. The third kappa shape index (κ3) is 4.69. The van der Waals surface area contributed by atoms with E-state index >= 15 is 0 Å². The summed E-state index contributed by atoms with van der Waals surface area (Å²) >= 11 is 0. The van der Waals surface area contributed by atoms with Gasteiger partial charge in [0.15, 0.2) is 0 Å². The van der Waals surface area contributed by atoms with Crippen LogP contribution in [0.25, 0.3) is 11.1 Å². The summed E-state index contributed by atoms with van der Waals surface area (Å²) in [7, 11) is 1.62. The number of hydrogen-bond donors (Lipinski definition) is 3. The largest absolute Gasteiger partial charge is 0.507 e. The summed E-state index contributed by atoms with van der Waals surface area (Å²) in [4.78, 5) is 0. The van der Waals surface area contributed by atoms with Gasteiger partial charge in [-0.25, -0.2) is 0 Å². The Balaban J connectivity index is 1.96. The zero-order valence-electron chi connectivity index (χ0n) is 17.8. The van der Waals surface area contributed by atoms with Gasteiger partial charge in [0.1, 0.15) is 23.9 Å². The maximum Gasteiger partial charge on any atom is 0.123 e. The second-order valence-electron chi connectivity index (χ2n) is 7.94. The van der Waals surface area contributed by atoms with Gasteiger partial charge in [-0.15, -0.1) is 0 Å². The molecule has 0 fully saturated rings. The first-order chi connectivity index (χ1) is 14.3. The lowest BCUT2D eigenvalue weighted by atomic mass is 9.72. The third-order valence-electron chi connectivity index (χ3n) is 5.70. The minimum absolute atomic E-state index is 0.0207. The van der Waals surface area contributed by atoms with Crippen molar-refractivity contribution in [3.8, 4) is 28.4 Å². The van der Waals surface area contributed by atoms with Crippen LogP contribution in [0, 0.1) is 5.92 Å². The van der Waals surface area contributed by atoms with Gasteiger partial charge in [0.05, 0.1) is 12.7 Å². The first-order valence-corrected chi connectivity index (χ1v) is 10.1. The van der Waals surface area contributed by atoms with Crippen molar-refractivity contribution in [2.45, 2.75) is 32.3 Å². The van der Waals surface area contributed by atoms with Gasteiger partial charge in [-0.2, -0.15) is 0 Å². The van der Waals surface area contributed by atoms with Crippen molar-refractivity contribution in [1.82, 2.24) is 0 Å². The lowest BCUT2D eigenvalue weighted by Crippen LogP contribution is -2.26. The number of allylic oxidation sites excluding steroid dienone is 2. The number of aliphatic hydroxyl groups is 1. The van der Waals surface area contributed by atoms with E-state index in [0.717, 1.165) is 16.7 Å². The van der Waals surface area contributed by atoms with E-state index in [9.17, 15) is 15.3 Å². The predicted octanol–water partition coefficient (Wildman–Crippen LogP) is 4.78. The van der Waals surface area contributed by atoms with Crippen molar-refractivity contribution in [3.63, 3.8) is 0 Å². The molecule has 3 N–H and O–H groups in total. The molecule has 0 aromatic heterocycles. The van der Waals surface area contributed by atoms with Crippen LogP contribution in [0.4, 0.5) is 0 Å². The molecule has 0 saturated carbocycles. The average Bonchev–Trinajstić information content (AvgIpc) is 2.70. The highest BCUT2D eigenvalue weighted by Gasteiger charge is 2.33. The van der Waals surface area contributed by atoms with E-state index in [1.165, 1.54) is 0 Å². The van der Waals surface area contributed by atoms with E-state index < -0.39 is 6.10 Å². The smallest absolute Gasteiger partial charge is 0.123 e. The maximum atomic E-state index is 10.9. The summed E-state index contributed by atoms with van der Waals surface area (Å²) in [5.41, 5.74) is 3.72. The maximum absolute atomic E-state index is 10.9. The molecule has 0 saturated heterocycles. The molecule has 2 aromatic rings. The zero-order chi connectivity index (χ0) is 21.8. The Labute approximate surface area is 177 Å². The molecular weight excluding hydrogens is 380 g/mol. The Hall–Kier alpha value is -2.76. The van der Waals surface area contributed by atoms with E-state index in [1.807, 2.05) is 44.2 Å². The molecular formula is C25H30O5. The fourth-order valence-corrected chi connectivity index (χ4v) is 4.02. The van der Waals surface area contributed by atoms with Crippen molar-refractivity contribution in [2.75, 3.05) is 20.3 Å². The second-order valence-corrected chi connectivity index (χ2v) is 7.94. The molecule has 0 spiro atoms. The summed E-state index contributed by atoms with van der Waals surface area (Å²) in [6, 6.07) is 10.8. The van der Waals surface area contributed by atoms with Gasteiger partial charge in [-0.1, -0.05) is 30.4 Å². The molecule has 160 valence electrons. The number of aliphatic hydroxyl groups excluding tert-OH is 1. The van der Waals surface area contributed by atoms with Crippen LogP contribution in [0.1, 0.15) is 31.7 Å². The molecule has 30 heavy (non-hydrogen) atoms. The van der Waals surface area contributed by atoms with E-state index in [2.05, 4.69) is 6.58 Å². The molecule has 0 unspecified atom stereocenters. The topological polar surface area (TPSA) is 79.2 Å². The summed E-state index contributed by atoms with van der Waals surface area (Å²) in [6.45, 7) is 8.77. The van der Waals surface area contributed by atoms with Crippen molar-refractivity contribution in [3.05, 3.63) is 65.8 Å². The number of ether oxygens (including phenoxy) is 2.